The number of likely N-dealkylation sites (tertiary alicyclic amines) is 1. The molecule has 2 heterocycles. The van der Waals surface area contributed by atoms with Crippen LogP contribution in [0.25, 0.3) is 10.9 Å². The molecule has 37 heavy (non-hydrogen) atoms. The number of rotatable bonds is 8. The number of fused-ring (bicyclic) bond motifs is 1. The van der Waals surface area contributed by atoms with Gasteiger partial charge in [0.1, 0.15) is 11.6 Å². The first-order valence-corrected chi connectivity index (χ1v) is 13.0. The Labute approximate surface area is 217 Å². The lowest BCUT2D eigenvalue weighted by Crippen LogP contribution is -2.63. The summed E-state index contributed by atoms with van der Waals surface area (Å²) in [4.78, 5) is 27.9. The van der Waals surface area contributed by atoms with E-state index < -0.39 is 17.3 Å². The molecule has 0 bridgehead atoms. The highest BCUT2D eigenvalue weighted by Crippen LogP contribution is 2.40. The van der Waals surface area contributed by atoms with Crippen molar-refractivity contribution < 1.29 is 23.1 Å². The van der Waals surface area contributed by atoms with E-state index in [1.807, 2.05) is 0 Å². The Morgan fingerprint density at radius 2 is 2.03 bits per heavy atom. The maximum Gasteiger partial charge on any atom is 0.416 e. The molecule has 1 aromatic heterocycles. The quantitative estimate of drug-likeness (QED) is 0.349. The van der Waals surface area contributed by atoms with Crippen molar-refractivity contribution in [1.29, 1.82) is 0 Å². The van der Waals surface area contributed by atoms with Crippen LogP contribution in [-0.4, -0.2) is 75.8 Å². The first kappa shape index (κ1) is 27.3. The average molecular weight is 537 g/mol. The van der Waals surface area contributed by atoms with E-state index in [-0.39, 0.29) is 29.7 Å². The third-order valence-electron chi connectivity index (χ3n) is 6.94. The first-order chi connectivity index (χ1) is 17.5. The van der Waals surface area contributed by atoms with E-state index in [0.29, 0.717) is 30.2 Å². The molecule has 2 fully saturated rings. The molecule has 1 saturated carbocycles. The molecule has 4 rings (SSSR count). The average Bonchev–Trinajstić information content (AvgIpc) is 2.82. The van der Waals surface area contributed by atoms with Gasteiger partial charge in [0.15, 0.2) is 0 Å². The smallest absolute Gasteiger partial charge is 0.385 e. The van der Waals surface area contributed by atoms with E-state index in [1.165, 1.54) is 17.8 Å². The Balaban J connectivity index is 1.26. The van der Waals surface area contributed by atoms with Crippen LogP contribution < -0.4 is 10.6 Å². The number of aryl methyl sites for hydroxylation is 1. The minimum Gasteiger partial charge on any atom is -0.385 e. The standard InChI is InChI=1S/C25H31F3N6O2S/c1-15(37-14-29-3)24(36)8-6-19(7-9-24)34-12-18(13-34)33-22(35)11-30-23-20-10-17(25(26,27)28)4-5-21(20)31-16(2)32-23/h4-5,10,14,18-19,36H,1,6-9,11-13H2,2-3H3,(H,33,35)(H,30,31,32). The Morgan fingerprint density at radius 1 is 1.32 bits per heavy atom. The topological polar surface area (TPSA) is 103 Å². The zero-order valence-electron chi connectivity index (χ0n) is 20.8. The molecule has 0 spiro atoms. The molecule has 1 aliphatic heterocycles. The van der Waals surface area contributed by atoms with Gasteiger partial charge < -0.3 is 15.7 Å². The fraction of sp³-hybridized carbons (Fsp3) is 0.520. The lowest BCUT2D eigenvalue weighted by molar-refractivity contribution is -0.137. The number of thioether (sulfide) groups is 1. The number of nitrogens with zero attached hydrogens (tertiary/aromatic N) is 4. The number of aliphatic hydroxyl groups is 1. The number of anilines is 1. The van der Waals surface area contributed by atoms with Crippen molar-refractivity contribution >= 4 is 39.9 Å². The molecule has 3 N–H and O–H groups in total. The SMILES string of the molecule is C=C(SC=NC)C1(O)CCC(N2CC(NC(=O)CNc3nc(C)nc4ccc(C(F)(F)F)cc34)C2)CC1. The Bertz CT molecular complexity index is 1190. The van der Waals surface area contributed by atoms with Gasteiger partial charge in [-0.25, -0.2) is 9.97 Å². The molecule has 1 aliphatic carbocycles. The van der Waals surface area contributed by atoms with E-state index in [9.17, 15) is 23.1 Å². The third-order valence-corrected chi connectivity index (χ3v) is 7.92. The number of benzene rings is 1. The number of carbonyl (C=O) groups is 1. The molecular weight excluding hydrogens is 505 g/mol. The number of halogens is 3. The molecular formula is C25H31F3N6O2S. The van der Waals surface area contributed by atoms with Gasteiger partial charge in [0, 0.05) is 36.5 Å². The van der Waals surface area contributed by atoms with Crippen LogP contribution in [0, 0.1) is 6.92 Å². The Kier molecular flexibility index (Phi) is 8.10. The highest BCUT2D eigenvalue weighted by atomic mass is 32.2. The fourth-order valence-corrected chi connectivity index (χ4v) is 5.51. The summed E-state index contributed by atoms with van der Waals surface area (Å²) in [5, 5.41) is 16.9. The van der Waals surface area contributed by atoms with Gasteiger partial charge in [-0.15, -0.1) is 0 Å². The summed E-state index contributed by atoms with van der Waals surface area (Å²) in [5.74, 6) is 0.327. The molecule has 8 nitrogen and oxygen atoms in total. The summed E-state index contributed by atoms with van der Waals surface area (Å²) >= 11 is 1.36. The van der Waals surface area contributed by atoms with Gasteiger partial charge in [-0.2, -0.15) is 13.2 Å². The monoisotopic (exact) mass is 536 g/mol. The van der Waals surface area contributed by atoms with Crippen molar-refractivity contribution in [3.05, 3.63) is 41.1 Å². The maximum atomic E-state index is 13.2. The molecule has 1 saturated heterocycles. The van der Waals surface area contributed by atoms with Crippen LogP contribution in [0.15, 0.2) is 34.7 Å². The predicted octanol–water partition coefficient (Wildman–Crippen LogP) is 3.75. The highest BCUT2D eigenvalue weighted by molar-refractivity contribution is 8.15. The number of hydrogen-bond donors (Lipinski definition) is 3. The van der Waals surface area contributed by atoms with E-state index in [4.69, 9.17) is 0 Å². The second kappa shape index (κ2) is 11.0. The zero-order valence-corrected chi connectivity index (χ0v) is 21.6. The van der Waals surface area contributed by atoms with Crippen LogP contribution in [0.1, 0.15) is 37.1 Å². The summed E-state index contributed by atoms with van der Waals surface area (Å²) in [6.07, 6.45) is -1.51. The van der Waals surface area contributed by atoms with Gasteiger partial charge in [0.25, 0.3) is 0 Å². The molecule has 200 valence electrons. The molecule has 2 aromatic rings. The normalized spacial score (nSPS) is 23.2. The van der Waals surface area contributed by atoms with Crippen LogP contribution in [-0.2, 0) is 11.0 Å². The minimum atomic E-state index is -4.49. The van der Waals surface area contributed by atoms with Gasteiger partial charge in [0.2, 0.25) is 5.91 Å². The van der Waals surface area contributed by atoms with E-state index in [0.717, 1.165) is 43.0 Å². The molecule has 0 unspecified atom stereocenters. The summed E-state index contributed by atoms with van der Waals surface area (Å²) in [5.41, 5.74) is 0.376. The van der Waals surface area contributed by atoms with Crippen molar-refractivity contribution in [2.24, 2.45) is 4.99 Å². The number of carbonyl (C=O) groups excluding carboxylic acids is 1. The van der Waals surface area contributed by atoms with Crippen LogP contribution in [0.3, 0.4) is 0 Å². The largest absolute Gasteiger partial charge is 0.416 e. The van der Waals surface area contributed by atoms with Crippen molar-refractivity contribution in [3.8, 4) is 0 Å². The van der Waals surface area contributed by atoms with Crippen molar-refractivity contribution in [3.63, 3.8) is 0 Å². The maximum absolute atomic E-state index is 13.2. The molecule has 0 atom stereocenters. The van der Waals surface area contributed by atoms with Crippen LogP contribution in [0.5, 0.6) is 0 Å². The number of alkyl halides is 3. The summed E-state index contributed by atoms with van der Waals surface area (Å²) in [6, 6.07) is 3.64. The fourth-order valence-electron chi connectivity index (χ4n) is 4.85. The molecule has 1 amide bonds. The van der Waals surface area contributed by atoms with Crippen LogP contribution >= 0.6 is 11.8 Å². The Morgan fingerprint density at radius 3 is 2.68 bits per heavy atom. The van der Waals surface area contributed by atoms with E-state index >= 15 is 0 Å². The predicted molar refractivity (Wildman–Crippen MR) is 140 cm³/mol. The van der Waals surface area contributed by atoms with Gasteiger partial charge >= 0.3 is 6.18 Å². The van der Waals surface area contributed by atoms with Crippen molar-refractivity contribution in [2.45, 2.75) is 56.5 Å². The Hall–Kier alpha value is -2.70. The number of amides is 1. The van der Waals surface area contributed by atoms with Crippen LogP contribution in [0.2, 0.25) is 0 Å². The summed E-state index contributed by atoms with van der Waals surface area (Å²) in [6.45, 7) is 6.98. The molecule has 0 radical (unpaired) electrons. The minimum absolute atomic E-state index is 0.00195. The van der Waals surface area contributed by atoms with Gasteiger partial charge in [-0.05, 0) is 50.8 Å². The first-order valence-electron chi connectivity index (χ1n) is 12.1. The highest BCUT2D eigenvalue weighted by Gasteiger charge is 2.41. The van der Waals surface area contributed by atoms with E-state index in [1.54, 1.807) is 19.5 Å². The summed E-state index contributed by atoms with van der Waals surface area (Å²) in [7, 11) is 1.68. The molecule has 12 heteroatoms. The molecule has 1 aromatic carbocycles. The second-order valence-electron chi connectivity index (χ2n) is 9.59. The molecule has 2 aliphatic rings. The van der Waals surface area contributed by atoms with Gasteiger partial charge in [0.05, 0.1) is 34.8 Å². The number of aliphatic imine (C=N–C) groups is 1. The summed E-state index contributed by atoms with van der Waals surface area (Å²) < 4.78 is 39.5. The van der Waals surface area contributed by atoms with Crippen molar-refractivity contribution in [2.75, 3.05) is 32.0 Å². The second-order valence-corrected chi connectivity index (χ2v) is 10.5. The third kappa shape index (κ3) is 6.42. The van der Waals surface area contributed by atoms with Crippen molar-refractivity contribution in [1.82, 2.24) is 20.2 Å². The lowest BCUT2D eigenvalue weighted by Gasteiger charge is -2.48. The van der Waals surface area contributed by atoms with Gasteiger partial charge in [-0.3, -0.25) is 14.7 Å². The number of nitrogens with one attached hydrogen (secondary N) is 2. The lowest BCUT2D eigenvalue weighted by atomic mass is 9.80. The number of hydrogen-bond acceptors (Lipinski definition) is 8. The van der Waals surface area contributed by atoms with Gasteiger partial charge in [-0.1, -0.05) is 18.3 Å². The van der Waals surface area contributed by atoms with Crippen LogP contribution in [0.4, 0.5) is 19.0 Å². The number of aromatic nitrogens is 2. The zero-order chi connectivity index (χ0) is 26.8. The van der Waals surface area contributed by atoms with E-state index in [2.05, 4.69) is 37.1 Å².